The van der Waals surface area contributed by atoms with Crippen LogP contribution in [0.2, 0.25) is 0 Å². The Hall–Kier alpha value is -2.13. The Kier molecular flexibility index (Phi) is 5.31. The van der Waals surface area contributed by atoms with E-state index < -0.39 is 0 Å². The van der Waals surface area contributed by atoms with E-state index in [1.54, 1.807) is 12.3 Å². The molecular weight excluding hydrogens is 302 g/mol. The van der Waals surface area contributed by atoms with E-state index in [4.69, 9.17) is 5.26 Å². The summed E-state index contributed by atoms with van der Waals surface area (Å²) in [5, 5.41) is 12.3. The molecule has 1 amide bonds. The van der Waals surface area contributed by atoms with Crippen molar-refractivity contribution < 1.29 is 4.79 Å². The summed E-state index contributed by atoms with van der Waals surface area (Å²) in [5.41, 5.74) is 0.582. The number of likely N-dealkylation sites (tertiary alicyclic amines) is 1. The first-order chi connectivity index (χ1) is 11.7. The zero-order valence-electron chi connectivity index (χ0n) is 14.2. The van der Waals surface area contributed by atoms with Crippen molar-refractivity contribution in [2.75, 3.05) is 31.6 Å². The predicted octanol–water partition coefficient (Wildman–Crippen LogP) is 1.52. The van der Waals surface area contributed by atoms with Gasteiger partial charge < -0.3 is 15.1 Å². The lowest BCUT2D eigenvalue weighted by Crippen LogP contribution is -2.40. The molecule has 6 heteroatoms. The second-order valence-corrected chi connectivity index (χ2v) is 6.76. The van der Waals surface area contributed by atoms with Crippen LogP contribution in [0.25, 0.3) is 0 Å². The molecule has 0 aromatic carbocycles. The van der Waals surface area contributed by atoms with Gasteiger partial charge in [0.15, 0.2) is 0 Å². The fraction of sp³-hybridized carbons (Fsp3) is 0.611. The van der Waals surface area contributed by atoms with Gasteiger partial charge in [-0.1, -0.05) is 0 Å². The maximum Gasteiger partial charge on any atom is 0.236 e. The van der Waals surface area contributed by atoms with Gasteiger partial charge in [0, 0.05) is 38.4 Å². The van der Waals surface area contributed by atoms with Crippen molar-refractivity contribution in [2.24, 2.45) is 0 Å². The van der Waals surface area contributed by atoms with Gasteiger partial charge in [0.25, 0.3) is 0 Å². The molecule has 24 heavy (non-hydrogen) atoms. The molecule has 2 heterocycles. The van der Waals surface area contributed by atoms with Crippen molar-refractivity contribution in [3.8, 4) is 6.07 Å². The molecule has 128 valence electrons. The van der Waals surface area contributed by atoms with Crippen molar-refractivity contribution in [2.45, 2.75) is 44.2 Å². The smallest absolute Gasteiger partial charge is 0.236 e. The third-order valence-electron chi connectivity index (χ3n) is 5.19. The van der Waals surface area contributed by atoms with Crippen LogP contribution in [0.3, 0.4) is 0 Å². The minimum absolute atomic E-state index is 0.234. The van der Waals surface area contributed by atoms with Crippen molar-refractivity contribution in [1.29, 1.82) is 5.26 Å². The predicted molar refractivity (Wildman–Crippen MR) is 92.6 cm³/mol. The lowest BCUT2D eigenvalue weighted by Gasteiger charge is -2.26. The summed E-state index contributed by atoms with van der Waals surface area (Å²) in [4.78, 5) is 20.6. The largest absolute Gasteiger partial charge is 0.357 e. The molecule has 1 saturated heterocycles. The van der Waals surface area contributed by atoms with Gasteiger partial charge in [-0.05, 0) is 44.2 Å². The highest BCUT2D eigenvalue weighted by molar-refractivity contribution is 5.78. The van der Waals surface area contributed by atoms with Gasteiger partial charge in [-0.3, -0.25) is 4.79 Å². The number of rotatable bonds is 5. The molecule has 0 bridgehead atoms. The number of carbonyl (C=O) groups is 1. The Balaban J connectivity index is 1.47. The summed E-state index contributed by atoms with van der Waals surface area (Å²) in [7, 11) is 2.05. The van der Waals surface area contributed by atoms with Crippen LogP contribution in [0, 0.1) is 11.3 Å². The maximum atomic E-state index is 12.1. The molecule has 2 aliphatic rings. The van der Waals surface area contributed by atoms with Crippen molar-refractivity contribution >= 4 is 11.7 Å². The first-order valence-corrected chi connectivity index (χ1v) is 8.77. The molecule has 1 aliphatic heterocycles. The molecule has 1 aliphatic carbocycles. The van der Waals surface area contributed by atoms with Crippen LogP contribution in [0.4, 0.5) is 5.82 Å². The van der Waals surface area contributed by atoms with Crippen LogP contribution in [-0.2, 0) is 4.79 Å². The number of nitrogens with one attached hydrogen (secondary N) is 1. The maximum absolute atomic E-state index is 12.1. The Morgan fingerprint density at radius 2 is 2.21 bits per heavy atom. The average molecular weight is 327 g/mol. The second kappa shape index (κ2) is 7.63. The van der Waals surface area contributed by atoms with E-state index in [0.717, 1.165) is 51.0 Å². The lowest BCUT2D eigenvalue weighted by atomic mass is 10.2. The molecule has 1 saturated carbocycles. The monoisotopic (exact) mass is 327 g/mol. The highest BCUT2D eigenvalue weighted by Gasteiger charge is 2.29. The van der Waals surface area contributed by atoms with Gasteiger partial charge in [-0.15, -0.1) is 0 Å². The summed E-state index contributed by atoms with van der Waals surface area (Å²) >= 11 is 0. The number of pyridine rings is 1. The number of carbonyl (C=O) groups excluding carboxylic acids is 1. The number of aromatic nitrogens is 1. The van der Waals surface area contributed by atoms with Crippen molar-refractivity contribution in [3.05, 3.63) is 23.9 Å². The van der Waals surface area contributed by atoms with Gasteiger partial charge >= 0.3 is 0 Å². The molecule has 2 atom stereocenters. The van der Waals surface area contributed by atoms with Gasteiger partial charge in [0.1, 0.15) is 11.9 Å². The lowest BCUT2D eigenvalue weighted by molar-refractivity contribution is -0.129. The highest BCUT2D eigenvalue weighted by Crippen LogP contribution is 2.26. The first-order valence-electron chi connectivity index (χ1n) is 8.77. The second-order valence-electron chi connectivity index (χ2n) is 6.76. The molecule has 3 rings (SSSR count). The van der Waals surface area contributed by atoms with E-state index in [9.17, 15) is 4.79 Å². The zero-order chi connectivity index (χ0) is 16.9. The topological polar surface area (TPSA) is 72.3 Å². The minimum atomic E-state index is 0.234. The van der Waals surface area contributed by atoms with E-state index in [-0.39, 0.29) is 5.91 Å². The number of nitriles is 1. The zero-order valence-corrected chi connectivity index (χ0v) is 14.2. The van der Waals surface area contributed by atoms with Crippen LogP contribution >= 0.6 is 0 Å². The van der Waals surface area contributed by atoms with Crippen LogP contribution in [0.5, 0.6) is 0 Å². The summed E-state index contributed by atoms with van der Waals surface area (Å²) in [6.45, 7) is 2.29. The molecular formula is C18H25N5O. The van der Waals surface area contributed by atoms with Crippen molar-refractivity contribution in [1.82, 2.24) is 15.2 Å². The van der Waals surface area contributed by atoms with E-state index >= 15 is 0 Å². The SMILES string of the molecule is CN(c1ccc(C#N)cn1)C1CCC(NCC(=O)N2CCCC2)C1. The fourth-order valence-corrected chi connectivity index (χ4v) is 3.65. The Labute approximate surface area is 143 Å². The third kappa shape index (κ3) is 3.85. The van der Waals surface area contributed by atoms with Gasteiger partial charge in [-0.2, -0.15) is 5.26 Å². The number of amides is 1. The van der Waals surface area contributed by atoms with Crippen LogP contribution < -0.4 is 10.2 Å². The standard InChI is InChI=1S/C18H25N5O/c1-22(17-7-4-14(11-19)12-21-17)16-6-5-15(10-16)20-13-18(24)23-8-2-3-9-23/h4,7,12,15-16,20H,2-3,5-6,8-10,13H2,1H3. The number of nitrogens with zero attached hydrogens (tertiary/aromatic N) is 4. The molecule has 2 fully saturated rings. The van der Waals surface area contributed by atoms with E-state index in [1.165, 1.54) is 0 Å². The summed E-state index contributed by atoms with van der Waals surface area (Å²) < 4.78 is 0. The molecule has 1 aromatic rings. The Bertz CT molecular complexity index is 603. The average Bonchev–Trinajstić information content (AvgIpc) is 3.31. The summed E-state index contributed by atoms with van der Waals surface area (Å²) in [6.07, 6.45) is 7.09. The number of hydrogen-bond acceptors (Lipinski definition) is 5. The van der Waals surface area contributed by atoms with E-state index in [0.29, 0.717) is 24.2 Å². The van der Waals surface area contributed by atoms with Crippen LogP contribution in [0.1, 0.15) is 37.7 Å². The van der Waals surface area contributed by atoms with Gasteiger partial charge in [0.2, 0.25) is 5.91 Å². The molecule has 0 radical (unpaired) electrons. The van der Waals surface area contributed by atoms with Gasteiger partial charge in [-0.25, -0.2) is 4.98 Å². The quantitative estimate of drug-likeness (QED) is 0.888. The third-order valence-corrected chi connectivity index (χ3v) is 5.19. The van der Waals surface area contributed by atoms with Crippen molar-refractivity contribution in [3.63, 3.8) is 0 Å². The molecule has 1 N–H and O–H groups in total. The summed E-state index contributed by atoms with van der Waals surface area (Å²) in [6, 6.07) is 6.61. The fourth-order valence-electron chi connectivity index (χ4n) is 3.65. The molecule has 2 unspecified atom stereocenters. The van der Waals surface area contributed by atoms with Gasteiger partial charge in [0.05, 0.1) is 12.1 Å². The first kappa shape index (κ1) is 16.7. The molecule has 1 aromatic heterocycles. The van der Waals surface area contributed by atoms with Crippen LogP contribution in [-0.4, -0.2) is 54.6 Å². The number of hydrogen-bond donors (Lipinski definition) is 1. The van der Waals surface area contributed by atoms with E-state index in [1.807, 2.05) is 11.0 Å². The Morgan fingerprint density at radius 3 is 2.88 bits per heavy atom. The number of anilines is 1. The minimum Gasteiger partial charge on any atom is -0.357 e. The molecule has 6 nitrogen and oxygen atoms in total. The molecule has 0 spiro atoms. The normalized spacial score (nSPS) is 23.2. The highest BCUT2D eigenvalue weighted by atomic mass is 16.2. The Morgan fingerprint density at radius 1 is 1.42 bits per heavy atom. The summed E-state index contributed by atoms with van der Waals surface area (Å²) in [5.74, 6) is 1.13. The van der Waals surface area contributed by atoms with Crippen LogP contribution in [0.15, 0.2) is 18.3 Å². The van der Waals surface area contributed by atoms with E-state index in [2.05, 4.69) is 28.3 Å².